The van der Waals surface area contributed by atoms with E-state index in [1.165, 1.54) is 6.07 Å². The number of carboxylic acids is 1. The van der Waals surface area contributed by atoms with E-state index in [-0.39, 0.29) is 31.4 Å². The number of carbonyl (C=O) groups excluding carboxylic acids is 1. The molecule has 132 valence electrons. The van der Waals surface area contributed by atoms with E-state index in [4.69, 9.17) is 9.84 Å². The zero-order valence-corrected chi connectivity index (χ0v) is 13.5. The van der Waals surface area contributed by atoms with Crippen molar-refractivity contribution in [2.45, 2.75) is 25.9 Å². The van der Waals surface area contributed by atoms with Crippen LogP contribution in [0, 0.1) is 17.6 Å². The van der Waals surface area contributed by atoms with Gasteiger partial charge in [0.1, 0.15) is 18.2 Å². The second-order valence-corrected chi connectivity index (χ2v) is 5.66. The molecule has 25 heavy (non-hydrogen) atoms. The Hall–Kier alpha value is -2.76. The van der Waals surface area contributed by atoms with Crippen molar-refractivity contribution in [3.05, 3.63) is 71.3 Å². The zero-order valence-electron chi connectivity index (χ0n) is 13.5. The van der Waals surface area contributed by atoms with Crippen molar-refractivity contribution < 1.29 is 28.2 Å². The first-order valence-electron chi connectivity index (χ1n) is 7.82. The van der Waals surface area contributed by atoms with E-state index >= 15 is 0 Å². The third kappa shape index (κ3) is 5.99. The van der Waals surface area contributed by atoms with E-state index < -0.39 is 29.5 Å². The topological polar surface area (TPSA) is 63.6 Å². The highest BCUT2D eigenvalue weighted by atomic mass is 19.1. The van der Waals surface area contributed by atoms with E-state index in [1.807, 2.05) is 6.07 Å². The van der Waals surface area contributed by atoms with E-state index in [2.05, 4.69) is 0 Å². The average Bonchev–Trinajstić information content (AvgIpc) is 2.59. The highest BCUT2D eigenvalue weighted by Crippen LogP contribution is 2.20. The van der Waals surface area contributed by atoms with Gasteiger partial charge < -0.3 is 9.84 Å². The lowest BCUT2D eigenvalue weighted by molar-refractivity contribution is -0.150. The van der Waals surface area contributed by atoms with Crippen molar-refractivity contribution in [1.82, 2.24) is 0 Å². The molecule has 0 aliphatic rings. The number of esters is 1. The fraction of sp³-hybridized carbons (Fsp3) is 0.263. The monoisotopic (exact) mass is 348 g/mol. The zero-order chi connectivity index (χ0) is 18.2. The molecule has 0 fully saturated rings. The summed E-state index contributed by atoms with van der Waals surface area (Å²) in [6.45, 7) is 0.0507. The van der Waals surface area contributed by atoms with Crippen LogP contribution in [0.1, 0.15) is 24.0 Å². The molecular weight excluding hydrogens is 330 g/mol. The lowest BCUT2D eigenvalue weighted by Crippen LogP contribution is -2.21. The van der Waals surface area contributed by atoms with Crippen molar-refractivity contribution in [3.8, 4) is 0 Å². The maximum atomic E-state index is 13.8. The number of rotatable bonds is 8. The van der Waals surface area contributed by atoms with Gasteiger partial charge in [0.2, 0.25) is 0 Å². The Balaban J connectivity index is 2.05. The SMILES string of the molecule is O=C(O)CC[C@@H](Cc1ccc(F)cc1F)C(=O)OCc1ccccc1. The Morgan fingerprint density at radius 3 is 2.44 bits per heavy atom. The Kier molecular flexibility index (Phi) is 6.62. The molecule has 0 amide bonds. The van der Waals surface area contributed by atoms with Crippen molar-refractivity contribution in [2.24, 2.45) is 5.92 Å². The molecule has 0 spiro atoms. The molecule has 0 aliphatic heterocycles. The van der Waals surface area contributed by atoms with Gasteiger partial charge in [-0.3, -0.25) is 9.59 Å². The number of benzene rings is 2. The first-order chi connectivity index (χ1) is 12.0. The summed E-state index contributed by atoms with van der Waals surface area (Å²) in [6, 6.07) is 12.1. The minimum absolute atomic E-state index is 0.0137. The third-order valence-corrected chi connectivity index (χ3v) is 3.75. The van der Waals surface area contributed by atoms with Gasteiger partial charge >= 0.3 is 11.9 Å². The van der Waals surface area contributed by atoms with Crippen LogP contribution >= 0.6 is 0 Å². The van der Waals surface area contributed by atoms with Gasteiger partial charge in [0.25, 0.3) is 0 Å². The number of halogens is 2. The van der Waals surface area contributed by atoms with Crippen LogP contribution in [0.25, 0.3) is 0 Å². The van der Waals surface area contributed by atoms with Crippen molar-refractivity contribution in [2.75, 3.05) is 0 Å². The predicted molar refractivity (Wildman–Crippen MR) is 86.7 cm³/mol. The fourth-order valence-corrected chi connectivity index (χ4v) is 2.40. The lowest BCUT2D eigenvalue weighted by atomic mass is 9.94. The number of carboxylic acid groups (broad SMARTS) is 1. The predicted octanol–water partition coefficient (Wildman–Crippen LogP) is 3.73. The van der Waals surface area contributed by atoms with Crippen LogP contribution in [0.3, 0.4) is 0 Å². The van der Waals surface area contributed by atoms with Crippen LogP contribution in [-0.2, 0) is 27.4 Å². The number of hydrogen-bond donors (Lipinski definition) is 1. The van der Waals surface area contributed by atoms with Crippen LogP contribution in [0.5, 0.6) is 0 Å². The van der Waals surface area contributed by atoms with E-state index in [9.17, 15) is 18.4 Å². The minimum atomic E-state index is -1.06. The number of ether oxygens (including phenoxy) is 1. The summed E-state index contributed by atoms with van der Waals surface area (Å²) < 4.78 is 32.0. The summed E-state index contributed by atoms with van der Waals surface area (Å²) in [6.07, 6.45) is -0.277. The largest absolute Gasteiger partial charge is 0.481 e. The Bertz CT molecular complexity index is 731. The first-order valence-corrected chi connectivity index (χ1v) is 7.82. The van der Waals surface area contributed by atoms with Gasteiger partial charge in [-0.1, -0.05) is 36.4 Å². The molecule has 0 unspecified atom stereocenters. The third-order valence-electron chi connectivity index (χ3n) is 3.75. The molecule has 0 heterocycles. The number of carbonyl (C=O) groups is 2. The second-order valence-electron chi connectivity index (χ2n) is 5.66. The van der Waals surface area contributed by atoms with Gasteiger partial charge in [-0.2, -0.15) is 0 Å². The fourth-order valence-electron chi connectivity index (χ4n) is 2.40. The summed E-state index contributed by atoms with van der Waals surface area (Å²) in [5, 5.41) is 8.83. The van der Waals surface area contributed by atoms with E-state index in [1.54, 1.807) is 24.3 Å². The molecule has 2 rings (SSSR count). The number of aliphatic carboxylic acids is 1. The standard InChI is InChI=1S/C19H18F2O4/c20-16-8-6-14(17(21)11-16)10-15(7-9-18(22)23)19(24)25-12-13-4-2-1-3-5-13/h1-6,8,11,15H,7,9-10,12H2,(H,22,23)/t15-/m0/s1. The van der Waals surface area contributed by atoms with Gasteiger partial charge in [0.05, 0.1) is 5.92 Å². The van der Waals surface area contributed by atoms with E-state index in [0.29, 0.717) is 0 Å². The minimum Gasteiger partial charge on any atom is -0.481 e. The molecule has 0 radical (unpaired) electrons. The van der Waals surface area contributed by atoms with Crippen LogP contribution in [0.15, 0.2) is 48.5 Å². The van der Waals surface area contributed by atoms with Crippen LogP contribution in [-0.4, -0.2) is 17.0 Å². The summed E-state index contributed by atoms with van der Waals surface area (Å²) in [7, 11) is 0. The highest BCUT2D eigenvalue weighted by molar-refractivity contribution is 5.74. The molecule has 0 saturated heterocycles. The van der Waals surface area contributed by atoms with Crippen molar-refractivity contribution >= 4 is 11.9 Å². The van der Waals surface area contributed by atoms with Crippen molar-refractivity contribution in [3.63, 3.8) is 0 Å². The molecule has 0 bridgehead atoms. The Morgan fingerprint density at radius 2 is 1.80 bits per heavy atom. The summed E-state index contributed by atoms with van der Waals surface area (Å²) in [4.78, 5) is 23.1. The lowest BCUT2D eigenvalue weighted by Gasteiger charge is -2.16. The van der Waals surface area contributed by atoms with Gasteiger partial charge in [0, 0.05) is 12.5 Å². The van der Waals surface area contributed by atoms with Crippen LogP contribution < -0.4 is 0 Å². The molecule has 4 nitrogen and oxygen atoms in total. The second kappa shape index (κ2) is 8.92. The van der Waals surface area contributed by atoms with Gasteiger partial charge in [-0.25, -0.2) is 8.78 Å². The molecule has 0 saturated carbocycles. The maximum Gasteiger partial charge on any atom is 0.309 e. The average molecular weight is 348 g/mol. The molecular formula is C19H18F2O4. The molecule has 1 atom stereocenters. The van der Waals surface area contributed by atoms with Crippen molar-refractivity contribution in [1.29, 1.82) is 0 Å². The first kappa shape index (κ1) is 18.6. The molecule has 0 aromatic heterocycles. The summed E-state index contributed by atoms with van der Waals surface area (Å²) in [5.41, 5.74) is 0.939. The van der Waals surface area contributed by atoms with Gasteiger partial charge in [0.15, 0.2) is 0 Å². The van der Waals surface area contributed by atoms with Crippen LogP contribution in [0.2, 0.25) is 0 Å². The maximum absolute atomic E-state index is 13.8. The normalized spacial score (nSPS) is 11.8. The Labute approximate surface area is 144 Å². The van der Waals surface area contributed by atoms with Crippen LogP contribution in [0.4, 0.5) is 8.78 Å². The molecule has 2 aromatic carbocycles. The summed E-state index contributed by atoms with van der Waals surface area (Å²) >= 11 is 0. The molecule has 2 aromatic rings. The molecule has 6 heteroatoms. The molecule has 1 N–H and O–H groups in total. The van der Waals surface area contributed by atoms with Gasteiger partial charge in [-0.15, -0.1) is 0 Å². The van der Waals surface area contributed by atoms with Gasteiger partial charge in [-0.05, 0) is 30.0 Å². The Morgan fingerprint density at radius 1 is 1.08 bits per heavy atom. The van der Waals surface area contributed by atoms with E-state index in [0.717, 1.165) is 17.7 Å². The quantitative estimate of drug-likeness (QED) is 0.738. The highest BCUT2D eigenvalue weighted by Gasteiger charge is 2.23. The molecule has 0 aliphatic carbocycles. The number of hydrogen-bond acceptors (Lipinski definition) is 3. The summed E-state index contributed by atoms with van der Waals surface area (Å²) in [5.74, 6) is -3.96. The smallest absolute Gasteiger partial charge is 0.309 e.